The van der Waals surface area contributed by atoms with Gasteiger partial charge in [-0.2, -0.15) is 0 Å². The zero-order valence-corrected chi connectivity index (χ0v) is 16.0. The van der Waals surface area contributed by atoms with Gasteiger partial charge in [-0.15, -0.1) is 0 Å². The van der Waals surface area contributed by atoms with E-state index in [0.717, 1.165) is 16.9 Å². The number of hydrogen-bond donors (Lipinski definition) is 0. The highest BCUT2D eigenvalue weighted by Crippen LogP contribution is 2.12. The molecule has 4 rings (SSSR count). The van der Waals surface area contributed by atoms with Crippen molar-refractivity contribution in [3.05, 3.63) is 100 Å². The van der Waals surface area contributed by atoms with E-state index in [1.165, 1.54) is 0 Å². The summed E-state index contributed by atoms with van der Waals surface area (Å²) >= 11 is 0. The molecule has 2 heterocycles. The largest absolute Gasteiger partial charge is 0.497 e. The molecule has 0 amide bonds. The minimum atomic E-state index is -0.0961. The Balaban J connectivity index is 1.72. The number of ether oxygens (including phenoxy) is 1. The maximum atomic E-state index is 13.1. The van der Waals surface area contributed by atoms with Gasteiger partial charge in [0.2, 0.25) is 0 Å². The predicted molar refractivity (Wildman–Crippen MR) is 113 cm³/mol. The molecule has 5 nitrogen and oxygen atoms in total. The lowest BCUT2D eigenvalue weighted by Gasteiger charge is -2.10. The smallest absolute Gasteiger partial charge is 0.262 e. The molecular weight excluding hydrogens is 362 g/mol. The van der Waals surface area contributed by atoms with Gasteiger partial charge in [0.1, 0.15) is 5.75 Å². The third-order valence-corrected chi connectivity index (χ3v) is 4.60. The lowest BCUT2D eigenvalue weighted by atomic mass is 10.1. The van der Waals surface area contributed by atoms with E-state index in [9.17, 15) is 4.79 Å². The Kier molecular flexibility index (Phi) is 5.35. The van der Waals surface area contributed by atoms with Gasteiger partial charge >= 0.3 is 0 Å². The highest BCUT2D eigenvalue weighted by Gasteiger charge is 2.10. The second-order valence-electron chi connectivity index (χ2n) is 6.53. The van der Waals surface area contributed by atoms with Crippen LogP contribution in [-0.4, -0.2) is 21.6 Å². The molecule has 0 aliphatic heterocycles. The molecule has 4 aromatic rings. The van der Waals surface area contributed by atoms with Crippen molar-refractivity contribution in [2.24, 2.45) is 0 Å². The maximum absolute atomic E-state index is 13.1. The van der Waals surface area contributed by atoms with E-state index in [2.05, 4.69) is 21.8 Å². The quantitative estimate of drug-likeness (QED) is 0.508. The zero-order valence-electron chi connectivity index (χ0n) is 16.0. The standard InChI is InChI=1S/C24H19N3O2/c1-29-20-11-9-18(10-12-20)5-4-8-23-26-22-7-3-2-6-21(22)24(28)27(23)17-19-13-15-25-16-14-19/h2-3,6-7,9-16H,5,17H2,1H3. The summed E-state index contributed by atoms with van der Waals surface area (Å²) in [5.41, 5.74) is 2.60. The van der Waals surface area contributed by atoms with Crippen LogP contribution in [0.25, 0.3) is 10.9 Å². The summed E-state index contributed by atoms with van der Waals surface area (Å²) in [5, 5.41) is 0.585. The van der Waals surface area contributed by atoms with Crippen molar-refractivity contribution in [3.8, 4) is 17.6 Å². The first-order chi connectivity index (χ1) is 14.2. The summed E-state index contributed by atoms with van der Waals surface area (Å²) in [5.74, 6) is 7.51. The van der Waals surface area contributed by atoms with Gasteiger partial charge in [-0.25, -0.2) is 4.98 Å². The molecule has 0 saturated carbocycles. The predicted octanol–water partition coefficient (Wildman–Crippen LogP) is 3.44. The molecule has 0 N–H and O–H groups in total. The minimum Gasteiger partial charge on any atom is -0.497 e. The van der Waals surface area contributed by atoms with Gasteiger partial charge in [0.05, 0.1) is 24.6 Å². The van der Waals surface area contributed by atoms with Gasteiger partial charge < -0.3 is 4.74 Å². The van der Waals surface area contributed by atoms with Gasteiger partial charge in [-0.3, -0.25) is 14.3 Å². The minimum absolute atomic E-state index is 0.0961. The third-order valence-electron chi connectivity index (χ3n) is 4.60. The van der Waals surface area contributed by atoms with Crippen LogP contribution in [0.1, 0.15) is 17.0 Å². The van der Waals surface area contributed by atoms with E-state index in [1.807, 2.05) is 54.6 Å². The normalized spacial score (nSPS) is 10.4. The topological polar surface area (TPSA) is 57.0 Å². The van der Waals surface area contributed by atoms with Crippen LogP contribution in [0.3, 0.4) is 0 Å². The van der Waals surface area contributed by atoms with E-state index >= 15 is 0 Å². The first kappa shape index (κ1) is 18.5. The highest BCUT2D eigenvalue weighted by atomic mass is 16.5. The molecule has 0 aliphatic rings. The summed E-state index contributed by atoms with van der Waals surface area (Å²) in [6.07, 6.45) is 3.98. The molecular formula is C24H19N3O2. The second kappa shape index (κ2) is 8.41. The van der Waals surface area contributed by atoms with Crippen LogP contribution in [0.4, 0.5) is 0 Å². The van der Waals surface area contributed by atoms with Crippen molar-refractivity contribution in [2.75, 3.05) is 7.11 Å². The van der Waals surface area contributed by atoms with Crippen LogP contribution < -0.4 is 10.3 Å². The van der Waals surface area contributed by atoms with Crippen LogP contribution in [0.15, 0.2) is 77.9 Å². The molecule has 142 valence electrons. The zero-order chi connectivity index (χ0) is 20.1. The Hall–Kier alpha value is -3.91. The van der Waals surface area contributed by atoms with Gasteiger partial charge in [-0.05, 0) is 53.4 Å². The van der Waals surface area contributed by atoms with Crippen molar-refractivity contribution >= 4 is 10.9 Å². The number of rotatable bonds is 4. The van der Waals surface area contributed by atoms with Crippen molar-refractivity contribution < 1.29 is 4.74 Å². The van der Waals surface area contributed by atoms with Crippen LogP contribution in [0, 0.1) is 11.8 Å². The average Bonchev–Trinajstić information content (AvgIpc) is 2.77. The third kappa shape index (κ3) is 4.17. The lowest BCUT2D eigenvalue weighted by Crippen LogP contribution is -2.25. The highest BCUT2D eigenvalue weighted by molar-refractivity contribution is 5.77. The summed E-state index contributed by atoms with van der Waals surface area (Å²) in [6.45, 7) is 0.395. The summed E-state index contributed by atoms with van der Waals surface area (Å²) in [4.78, 5) is 21.8. The van der Waals surface area contributed by atoms with Crippen molar-refractivity contribution in [2.45, 2.75) is 13.0 Å². The van der Waals surface area contributed by atoms with Gasteiger partial charge in [0.25, 0.3) is 5.56 Å². The number of aromatic nitrogens is 3. The molecule has 0 fully saturated rings. The molecule has 0 unspecified atom stereocenters. The SMILES string of the molecule is COc1ccc(CC#Cc2nc3ccccc3c(=O)n2Cc2ccncc2)cc1. The van der Waals surface area contributed by atoms with Gasteiger partial charge in [-0.1, -0.05) is 30.2 Å². The Morgan fingerprint density at radius 3 is 2.48 bits per heavy atom. The van der Waals surface area contributed by atoms with E-state index in [0.29, 0.717) is 29.7 Å². The Morgan fingerprint density at radius 1 is 0.966 bits per heavy atom. The molecule has 0 saturated heterocycles. The molecule has 0 atom stereocenters. The van der Waals surface area contributed by atoms with Crippen LogP contribution in [0.2, 0.25) is 0 Å². The van der Waals surface area contributed by atoms with Gasteiger partial charge in [0, 0.05) is 18.8 Å². The lowest BCUT2D eigenvalue weighted by molar-refractivity contribution is 0.414. The maximum Gasteiger partial charge on any atom is 0.262 e. The van der Waals surface area contributed by atoms with Crippen LogP contribution >= 0.6 is 0 Å². The molecule has 0 spiro atoms. The molecule has 0 aliphatic carbocycles. The van der Waals surface area contributed by atoms with Crippen molar-refractivity contribution in [3.63, 3.8) is 0 Å². The van der Waals surface area contributed by atoms with Gasteiger partial charge in [0.15, 0.2) is 5.82 Å². The number of methoxy groups -OCH3 is 1. The van der Waals surface area contributed by atoms with Crippen LogP contribution in [0.5, 0.6) is 5.75 Å². The van der Waals surface area contributed by atoms with E-state index in [4.69, 9.17) is 4.74 Å². The monoisotopic (exact) mass is 381 g/mol. The molecule has 2 aromatic heterocycles. The number of benzene rings is 2. The number of nitrogens with zero attached hydrogens (tertiary/aromatic N) is 3. The van der Waals surface area contributed by atoms with Crippen molar-refractivity contribution in [1.29, 1.82) is 0 Å². The fraction of sp³-hybridized carbons (Fsp3) is 0.125. The number of hydrogen-bond acceptors (Lipinski definition) is 4. The summed E-state index contributed by atoms with van der Waals surface area (Å²) < 4.78 is 6.80. The second-order valence-corrected chi connectivity index (χ2v) is 6.53. The number of pyridine rings is 1. The fourth-order valence-electron chi connectivity index (χ4n) is 3.05. The van der Waals surface area contributed by atoms with Crippen molar-refractivity contribution in [1.82, 2.24) is 14.5 Å². The first-order valence-electron chi connectivity index (χ1n) is 9.25. The summed E-state index contributed by atoms with van der Waals surface area (Å²) in [7, 11) is 1.64. The molecule has 2 aromatic carbocycles. The average molecular weight is 381 g/mol. The van der Waals surface area contributed by atoms with E-state index in [-0.39, 0.29) is 5.56 Å². The van der Waals surface area contributed by atoms with E-state index < -0.39 is 0 Å². The van der Waals surface area contributed by atoms with E-state index in [1.54, 1.807) is 30.1 Å². The fourth-order valence-corrected chi connectivity index (χ4v) is 3.05. The molecule has 29 heavy (non-hydrogen) atoms. The molecule has 0 bridgehead atoms. The molecule has 0 radical (unpaired) electrons. The summed E-state index contributed by atoms with van der Waals surface area (Å²) in [6, 6.07) is 18.9. The Bertz CT molecular complexity index is 1250. The Morgan fingerprint density at radius 2 is 1.72 bits per heavy atom. The number of fused-ring (bicyclic) bond motifs is 1. The first-order valence-corrected chi connectivity index (χ1v) is 9.25. The Labute approximate surface area is 168 Å². The number of para-hydroxylation sites is 1. The van der Waals surface area contributed by atoms with Crippen LogP contribution in [-0.2, 0) is 13.0 Å². The molecule has 5 heteroatoms.